The van der Waals surface area contributed by atoms with Gasteiger partial charge in [0.1, 0.15) is 11.5 Å². The highest BCUT2D eigenvalue weighted by Crippen LogP contribution is 2.29. The monoisotopic (exact) mass is 415 g/mol. The Morgan fingerprint density at radius 1 is 0.935 bits per heavy atom. The molecular formula is C24H21N3O4. The lowest BCUT2D eigenvalue weighted by Crippen LogP contribution is -2.28. The molecule has 1 amide bonds. The maximum Gasteiger partial charge on any atom is 0.276 e. The zero-order chi connectivity index (χ0) is 21.8. The van der Waals surface area contributed by atoms with Crippen molar-refractivity contribution in [1.82, 2.24) is 9.78 Å². The number of amides is 1. The minimum absolute atomic E-state index is 0.149. The molecule has 0 aliphatic carbocycles. The van der Waals surface area contributed by atoms with Crippen molar-refractivity contribution in [3.05, 3.63) is 94.4 Å². The minimum Gasteiger partial charge on any atom is -0.497 e. The molecule has 4 aromatic rings. The summed E-state index contributed by atoms with van der Waals surface area (Å²) in [7, 11) is 3.06. The number of aromatic nitrogens is 2. The number of anilines is 1. The topological polar surface area (TPSA) is 82.4 Å². The molecule has 0 aliphatic rings. The van der Waals surface area contributed by atoms with E-state index in [0.29, 0.717) is 28.0 Å². The second kappa shape index (κ2) is 8.71. The molecule has 7 nitrogen and oxygen atoms in total. The van der Waals surface area contributed by atoms with Crippen molar-refractivity contribution in [3.8, 4) is 11.5 Å². The quantitative estimate of drug-likeness (QED) is 0.519. The summed E-state index contributed by atoms with van der Waals surface area (Å²) in [6.07, 6.45) is 0. The fourth-order valence-electron chi connectivity index (χ4n) is 3.36. The third-order valence-corrected chi connectivity index (χ3v) is 4.91. The van der Waals surface area contributed by atoms with Crippen LogP contribution in [0.2, 0.25) is 0 Å². The van der Waals surface area contributed by atoms with Crippen LogP contribution in [0.1, 0.15) is 16.1 Å². The van der Waals surface area contributed by atoms with Gasteiger partial charge in [-0.05, 0) is 23.8 Å². The van der Waals surface area contributed by atoms with Gasteiger partial charge < -0.3 is 14.8 Å². The molecular weight excluding hydrogens is 394 g/mol. The van der Waals surface area contributed by atoms with Crippen molar-refractivity contribution in [2.24, 2.45) is 0 Å². The van der Waals surface area contributed by atoms with Crippen molar-refractivity contribution < 1.29 is 14.3 Å². The van der Waals surface area contributed by atoms with Crippen molar-refractivity contribution in [1.29, 1.82) is 0 Å². The highest BCUT2D eigenvalue weighted by molar-refractivity contribution is 6.11. The summed E-state index contributed by atoms with van der Waals surface area (Å²) in [5.41, 5.74) is 1.25. The molecule has 0 aliphatic heterocycles. The molecule has 1 heterocycles. The first-order chi connectivity index (χ1) is 15.1. The van der Waals surface area contributed by atoms with E-state index in [1.54, 1.807) is 49.6 Å². The first kappa shape index (κ1) is 20.2. The van der Waals surface area contributed by atoms with Gasteiger partial charge in [0.05, 0.1) is 31.8 Å². The van der Waals surface area contributed by atoms with Crippen LogP contribution >= 0.6 is 0 Å². The number of rotatable bonds is 6. The fraction of sp³-hybridized carbons (Fsp3) is 0.125. The highest BCUT2D eigenvalue weighted by atomic mass is 16.5. The second-order valence-corrected chi connectivity index (χ2v) is 6.86. The Kier molecular flexibility index (Phi) is 5.66. The number of carbonyl (C=O) groups is 1. The number of carbonyl (C=O) groups excluding carboxylic acids is 1. The molecule has 0 saturated carbocycles. The molecule has 4 rings (SSSR count). The van der Waals surface area contributed by atoms with Gasteiger partial charge in [-0.15, -0.1) is 0 Å². The van der Waals surface area contributed by atoms with Crippen LogP contribution < -0.4 is 20.3 Å². The van der Waals surface area contributed by atoms with E-state index in [0.717, 1.165) is 5.56 Å². The molecule has 0 unspecified atom stereocenters. The standard InChI is InChI=1S/C24H21N3O4/c1-30-17-12-13-21(31-2)20(14-17)25-23(28)22-18-10-6-7-11-19(18)24(29)27(26-22)15-16-8-4-3-5-9-16/h3-14H,15H2,1-2H3,(H,25,28). The maximum absolute atomic E-state index is 13.2. The Bertz CT molecular complexity index is 1300. The summed E-state index contributed by atoms with van der Waals surface area (Å²) >= 11 is 0. The van der Waals surface area contributed by atoms with Gasteiger partial charge in [0.2, 0.25) is 0 Å². The van der Waals surface area contributed by atoms with Gasteiger partial charge in [-0.1, -0.05) is 48.5 Å². The van der Waals surface area contributed by atoms with Gasteiger partial charge in [0, 0.05) is 11.5 Å². The Balaban J connectivity index is 1.79. The summed E-state index contributed by atoms with van der Waals surface area (Å²) in [5.74, 6) is 0.601. The van der Waals surface area contributed by atoms with E-state index < -0.39 is 5.91 Å². The maximum atomic E-state index is 13.2. The third-order valence-electron chi connectivity index (χ3n) is 4.91. The number of methoxy groups -OCH3 is 2. The lowest BCUT2D eigenvalue weighted by Gasteiger charge is -2.14. The summed E-state index contributed by atoms with van der Waals surface area (Å²) < 4.78 is 11.9. The molecule has 1 N–H and O–H groups in total. The smallest absolute Gasteiger partial charge is 0.276 e. The molecule has 7 heteroatoms. The van der Waals surface area contributed by atoms with Crippen LogP contribution in [0.15, 0.2) is 77.6 Å². The number of nitrogens with one attached hydrogen (secondary N) is 1. The van der Waals surface area contributed by atoms with Gasteiger partial charge >= 0.3 is 0 Å². The van der Waals surface area contributed by atoms with Crippen LogP contribution in [0.5, 0.6) is 11.5 Å². The van der Waals surface area contributed by atoms with Gasteiger partial charge in [0.25, 0.3) is 11.5 Å². The lowest BCUT2D eigenvalue weighted by molar-refractivity contribution is 0.102. The van der Waals surface area contributed by atoms with E-state index in [4.69, 9.17) is 9.47 Å². The average molecular weight is 415 g/mol. The number of hydrogen-bond acceptors (Lipinski definition) is 5. The Hall–Kier alpha value is -4.13. The van der Waals surface area contributed by atoms with Crippen LogP contribution in [0.4, 0.5) is 5.69 Å². The molecule has 1 aromatic heterocycles. The fourth-order valence-corrected chi connectivity index (χ4v) is 3.36. The Morgan fingerprint density at radius 3 is 2.35 bits per heavy atom. The molecule has 3 aromatic carbocycles. The van der Waals surface area contributed by atoms with E-state index in [-0.39, 0.29) is 17.8 Å². The zero-order valence-electron chi connectivity index (χ0n) is 17.2. The van der Waals surface area contributed by atoms with E-state index in [9.17, 15) is 9.59 Å². The number of hydrogen-bond donors (Lipinski definition) is 1. The zero-order valence-corrected chi connectivity index (χ0v) is 17.2. The molecule has 0 fully saturated rings. The van der Waals surface area contributed by atoms with Crippen molar-refractivity contribution in [2.45, 2.75) is 6.54 Å². The van der Waals surface area contributed by atoms with Crippen LogP contribution in [0, 0.1) is 0 Å². The first-order valence-electron chi connectivity index (χ1n) is 9.68. The van der Waals surface area contributed by atoms with E-state index in [2.05, 4.69) is 10.4 Å². The summed E-state index contributed by atoms with van der Waals surface area (Å²) in [6.45, 7) is 0.257. The molecule has 0 saturated heterocycles. The molecule has 156 valence electrons. The summed E-state index contributed by atoms with van der Waals surface area (Å²) in [5, 5.41) is 8.15. The molecule has 0 atom stereocenters. The number of nitrogens with zero attached hydrogens (tertiary/aromatic N) is 2. The number of benzene rings is 3. The van der Waals surface area contributed by atoms with Gasteiger partial charge in [-0.2, -0.15) is 5.10 Å². The van der Waals surface area contributed by atoms with Gasteiger partial charge in [0.15, 0.2) is 5.69 Å². The Morgan fingerprint density at radius 2 is 1.65 bits per heavy atom. The number of fused-ring (bicyclic) bond motifs is 1. The third kappa shape index (κ3) is 4.11. The van der Waals surface area contributed by atoms with Crippen LogP contribution in [-0.4, -0.2) is 29.9 Å². The largest absolute Gasteiger partial charge is 0.497 e. The SMILES string of the molecule is COc1ccc(OC)c(NC(=O)c2nn(Cc3ccccc3)c(=O)c3ccccc23)c1. The van der Waals surface area contributed by atoms with E-state index >= 15 is 0 Å². The molecule has 0 radical (unpaired) electrons. The van der Waals surface area contributed by atoms with E-state index in [1.165, 1.54) is 11.8 Å². The van der Waals surface area contributed by atoms with Crippen molar-refractivity contribution >= 4 is 22.4 Å². The van der Waals surface area contributed by atoms with Gasteiger partial charge in [-0.25, -0.2) is 4.68 Å². The molecule has 0 spiro atoms. The van der Waals surface area contributed by atoms with E-state index in [1.807, 2.05) is 30.3 Å². The second-order valence-electron chi connectivity index (χ2n) is 6.86. The van der Waals surface area contributed by atoms with Crippen LogP contribution in [-0.2, 0) is 6.54 Å². The molecule has 0 bridgehead atoms. The summed E-state index contributed by atoms with van der Waals surface area (Å²) in [6, 6.07) is 21.6. The first-order valence-corrected chi connectivity index (χ1v) is 9.68. The van der Waals surface area contributed by atoms with Crippen molar-refractivity contribution in [2.75, 3.05) is 19.5 Å². The highest BCUT2D eigenvalue weighted by Gasteiger charge is 2.18. The average Bonchev–Trinajstić information content (AvgIpc) is 2.81. The minimum atomic E-state index is -0.454. The predicted octanol–water partition coefficient (Wildman–Crippen LogP) is 3.71. The van der Waals surface area contributed by atoms with Crippen LogP contribution in [0.25, 0.3) is 10.8 Å². The van der Waals surface area contributed by atoms with Crippen molar-refractivity contribution in [3.63, 3.8) is 0 Å². The normalized spacial score (nSPS) is 10.6. The summed E-state index contributed by atoms with van der Waals surface area (Å²) in [4.78, 5) is 26.2. The Labute approximate surface area is 178 Å². The number of ether oxygens (including phenoxy) is 2. The van der Waals surface area contributed by atoms with Gasteiger partial charge in [-0.3, -0.25) is 9.59 Å². The molecule has 31 heavy (non-hydrogen) atoms. The van der Waals surface area contributed by atoms with Crippen LogP contribution in [0.3, 0.4) is 0 Å². The lowest BCUT2D eigenvalue weighted by atomic mass is 10.1. The predicted molar refractivity (Wildman–Crippen MR) is 119 cm³/mol.